The minimum Gasteiger partial charge on any atom is -0.381 e. The summed E-state index contributed by atoms with van der Waals surface area (Å²) in [7, 11) is 0. The highest BCUT2D eigenvalue weighted by Crippen LogP contribution is 2.25. The first-order valence-corrected chi connectivity index (χ1v) is 8.28. The quantitative estimate of drug-likeness (QED) is 0.448. The molecule has 0 aliphatic heterocycles. The second-order valence-electron chi connectivity index (χ2n) is 5.92. The number of nitrogens with one attached hydrogen (secondary N) is 1. The molecule has 0 fully saturated rings. The van der Waals surface area contributed by atoms with Crippen LogP contribution in [-0.2, 0) is 4.74 Å². The highest BCUT2D eigenvalue weighted by Gasteiger charge is 2.17. The van der Waals surface area contributed by atoms with Gasteiger partial charge in [0, 0.05) is 13.2 Å². The minimum absolute atomic E-state index is 0.753. The summed E-state index contributed by atoms with van der Waals surface area (Å²) >= 11 is 0. The van der Waals surface area contributed by atoms with Crippen LogP contribution in [0.25, 0.3) is 0 Å². The average molecular weight is 267 g/mol. The lowest BCUT2D eigenvalue weighted by Gasteiger charge is -2.24. The molecule has 1 rings (SSSR count). The van der Waals surface area contributed by atoms with E-state index in [9.17, 15) is 0 Å². The van der Waals surface area contributed by atoms with Gasteiger partial charge in [-0.2, -0.15) is 0 Å². The van der Waals surface area contributed by atoms with E-state index in [0.717, 1.165) is 31.6 Å². The number of rotatable bonds is 11. The Morgan fingerprint density at radius 2 is 1.84 bits per heavy atom. The van der Waals surface area contributed by atoms with Crippen molar-refractivity contribution < 1.29 is 4.74 Å². The third-order valence-electron chi connectivity index (χ3n) is 4.07. The van der Waals surface area contributed by atoms with Crippen LogP contribution in [0.4, 0.5) is 0 Å². The molecule has 1 N–H and O–H groups in total. The number of hydrogen-bond donors (Lipinski definition) is 1. The molecule has 1 aliphatic carbocycles. The number of unbranched alkanes of at least 4 members (excludes halogenated alkanes) is 3. The fourth-order valence-corrected chi connectivity index (χ4v) is 2.58. The normalized spacial score (nSPS) is 22.8. The van der Waals surface area contributed by atoms with E-state index >= 15 is 0 Å². The molecule has 0 amide bonds. The van der Waals surface area contributed by atoms with Gasteiger partial charge in [0.2, 0.25) is 0 Å². The van der Waals surface area contributed by atoms with Crippen LogP contribution in [0.1, 0.15) is 58.8 Å². The molecule has 0 aromatic heterocycles. The summed E-state index contributed by atoms with van der Waals surface area (Å²) in [6.07, 6.45) is 13.5. The fraction of sp³-hybridized carbons (Fsp3) is 0.882. The van der Waals surface area contributed by atoms with Crippen molar-refractivity contribution in [1.29, 1.82) is 0 Å². The average Bonchev–Trinajstić information content (AvgIpc) is 2.43. The number of hydrogen-bond acceptors (Lipinski definition) is 2. The van der Waals surface area contributed by atoms with Crippen LogP contribution >= 0.6 is 0 Å². The van der Waals surface area contributed by atoms with Gasteiger partial charge >= 0.3 is 0 Å². The maximum Gasteiger partial charge on any atom is 0.0499 e. The van der Waals surface area contributed by atoms with Gasteiger partial charge in [-0.1, -0.05) is 38.8 Å². The Morgan fingerprint density at radius 1 is 1.05 bits per heavy atom. The van der Waals surface area contributed by atoms with Crippen molar-refractivity contribution >= 4 is 0 Å². The Hall–Kier alpha value is -0.340. The predicted molar refractivity (Wildman–Crippen MR) is 83.5 cm³/mol. The van der Waals surface area contributed by atoms with Crippen molar-refractivity contribution in [1.82, 2.24) is 5.32 Å². The molecule has 2 atom stereocenters. The van der Waals surface area contributed by atoms with Gasteiger partial charge in [-0.05, 0) is 57.0 Å². The zero-order valence-electron chi connectivity index (χ0n) is 13.0. The first-order chi connectivity index (χ1) is 9.34. The molecule has 1 aliphatic rings. The van der Waals surface area contributed by atoms with E-state index < -0.39 is 0 Å². The lowest BCUT2D eigenvalue weighted by molar-refractivity contribution is 0.0765. The SMILES string of the molecule is CCCNCCCCCCOCC1CC=CCC1C. The molecule has 112 valence electrons. The molecule has 0 aromatic rings. The van der Waals surface area contributed by atoms with E-state index in [1.165, 1.54) is 51.5 Å². The standard InChI is InChI=1S/C17H33NO/c1-3-12-18-13-8-4-5-9-14-19-15-17-11-7-6-10-16(17)2/h6-7,16-18H,3-5,8-15H2,1-2H3. The van der Waals surface area contributed by atoms with E-state index in [-0.39, 0.29) is 0 Å². The number of ether oxygens (including phenoxy) is 1. The van der Waals surface area contributed by atoms with Crippen LogP contribution < -0.4 is 5.32 Å². The summed E-state index contributed by atoms with van der Waals surface area (Å²) < 4.78 is 5.84. The van der Waals surface area contributed by atoms with Gasteiger partial charge in [0.15, 0.2) is 0 Å². The lowest BCUT2D eigenvalue weighted by atomic mass is 9.85. The van der Waals surface area contributed by atoms with Crippen LogP contribution in [0, 0.1) is 11.8 Å². The number of allylic oxidation sites excluding steroid dienone is 2. The van der Waals surface area contributed by atoms with Crippen LogP contribution in [0.5, 0.6) is 0 Å². The summed E-state index contributed by atoms with van der Waals surface area (Å²) in [5, 5.41) is 3.45. The minimum atomic E-state index is 0.753. The molecule has 0 aromatic carbocycles. The van der Waals surface area contributed by atoms with Gasteiger partial charge in [0.1, 0.15) is 0 Å². The molecule has 0 bridgehead atoms. The zero-order chi connectivity index (χ0) is 13.8. The molecule has 19 heavy (non-hydrogen) atoms. The molecule has 0 spiro atoms. The lowest BCUT2D eigenvalue weighted by Crippen LogP contribution is -2.19. The summed E-state index contributed by atoms with van der Waals surface area (Å²) in [6.45, 7) is 8.82. The van der Waals surface area contributed by atoms with E-state index in [2.05, 4.69) is 31.3 Å². The Bertz CT molecular complexity index is 227. The van der Waals surface area contributed by atoms with Gasteiger partial charge in [0.25, 0.3) is 0 Å². The summed E-state index contributed by atoms with van der Waals surface area (Å²) in [6, 6.07) is 0. The smallest absolute Gasteiger partial charge is 0.0499 e. The monoisotopic (exact) mass is 267 g/mol. The first kappa shape index (κ1) is 16.7. The summed E-state index contributed by atoms with van der Waals surface area (Å²) in [4.78, 5) is 0. The highest BCUT2D eigenvalue weighted by molar-refractivity contribution is 4.93. The van der Waals surface area contributed by atoms with Crippen molar-refractivity contribution in [2.75, 3.05) is 26.3 Å². The Kier molecular flexibility index (Phi) is 10.1. The van der Waals surface area contributed by atoms with Gasteiger partial charge in [0.05, 0.1) is 0 Å². The maximum absolute atomic E-state index is 5.84. The van der Waals surface area contributed by atoms with Crippen molar-refractivity contribution in [3.63, 3.8) is 0 Å². The summed E-state index contributed by atoms with van der Waals surface area (Å²) in [5.41, 5.74) is 0. The van der Waals surface area contributed by atoms with Crippen molar-refractivity contribution in [2.45, 2.75) is 58.8 Å². The molecule has 2 unspecified atom stereocenters. The third kappa shape index (κ3) is 8.43. The molecular weight excluding hydrogens is 234 g/mol. The van der Waals surface area contributed by atoms with Gasteiger partial charge in [-0.15, -0.1) is 0 Å². The molecule has 0 heterocycles. The van der Waals surface area contributed by atoms with Crippen LogP contribution in [0.2, 0.25) is 0 Å². The molecule has 0 radical (unpaired) electrons. The second kappa shape index (κ2) is 11.5. The van der Waals surface area contributed by atoms with E-state index in [1.807, 2.05) is 0 Å². The van der Waals surface area contributed by atoms with Gasteiger partial charge < -0.3 is 10.1 Å². The molecule has 0 saturated heterocycles. The molecule has 2 heteroatoms. The summed E-state index contributed by atoms with van der Waals surface area (Å²) in [5.74, 6) is 1.55. The fourth-order valence-electron chi connectivity index (χ4n) is 2.58. The molecule has 2 nitrogen and oxygen atoms in total. The zero-order valence-corrected chi connectivity index (χ0v) is 13.0. The van der Waals surface area contributed by atoms with E-state index in [4.69, 9.17) is 4.74 Å². The van der Waals surface area contributed by atoms with Crippen molar-refractivity contribution in [2.24, 2.45) is 11.8 Å². The van der Waals surface area contributed by atoms with Crippen LogP contribution in [-0.4, -0.2) is 26.3 Å². The predicted octanol–water partition coefficient (Wildman–Crippen LogP) is 4.17. The Labute approximate surface area is 120 Å². The van der Waals surface area contributed by atoms with E-state index in [1.54, 1.807) is 0 Å². The van der Waals surface area contributed by atoms with Crippen LogP contribution in [0.15, 0.2) is 12.2 Å². The van der Waals surface area contributed by atoms with Gasteiger partial charge in [-0.25, -0.2) is 0 Å². The highest BCUT2D eigenvalue weighted by atomic mass is 16.5. The Morgan fingerprint density at radius 3 is 2.63 bits per heavy atom. The van der Waals surface area contributed by atoms with Crippen molar-refractivity contribution in [3.8, 4) is 0 Å². The molecule has 0 saturated carbocycles. The maximum atomic E-state index is 5.84. The topological polar surface area (TPSA) is 21.3 Å². The third-order valence-corrected chi connectivity index (χ3v) is 4.07. The Balaban J connectivity index is 1.82. The first-order valence-electron chi connectivity index (χ1n) is 8.28. The van der Waals surface area contributed by atoms with Gasteiger partial charge in [-0.3, -0.25) is 0 Å². The van der Waals surface area contributed by atoms with Crippen molar-refractivity contribution in [3.05, 3.63) is 12.2 Å². The largest absolute Gasteiger partial charge is 0.381 e. The van der Waals surface area contributed by atoms with Crippen LogP contribution in [0.3, 0.4) is 0 Å². The second-order valence-corrected chi connectivity index (χ2v) is 5.92. The van der Waals surface area contributed by atoms with E-state index in [0.29, 0.717) is 0 Å². The molecular formula is C17H33NO.